The Morgan fingerprint density at radius 1 is 1.17 bits per heavy atom. The number of phenols is 1. The minimum atomic E-state index is -0.632. The zero-order valence-corrected chi connectivity index (χ0v) is 18.1. The number of benzene rings is 1. The molecule has 9 heteroatoms. The lowest BCUT2D eigenvalue weighted by atomic mass is 10.1. The third kappa shape index (κ3) is 4.38. The van der Waals surface area contributed by atoms with Crippen LogP contribution >= 0.6 is 11.9 Å². The van der Waals surface area contributed by atoms with Crippen LogP contribution in [0.25, 0.3) is 0 Å². The van der Waals surface area contributed by atoms with Crippen molar-refractivity contribution in [2.45, 2.75) is 38.1 Å². The summed E-state index contributed by atoms with van der Waals surface area (Å²) in [4.78, 5) is 30.1. The molecule has 1 aromatic heterocycles. The number of phenolic OH excluding ortho intramolecular Hbond substituents is 1. The van der Waals surface area contributed by atoms with Gasteiger partial charge in [0, 0.05) is 6.54 Å². The number of hydrogen-bond donors (Lipinski definition) is 3. The average molecular weight is 432 g/mol. The molecule has 0 radical (unpaired) electrons. The number of nitrogens with zero attached hydrogens (tertiary/aromatic N) is 1. The first-order chi connectivity index (χ1) is 14.4. The van der Waals surface area contributed by atoms with Crippen LogP contribution in [-0.2, 0) is 4.84 Å². The van der Waals surface area contributed by atoms with Gasteiger partial charge in [-0.25, -0.2) is 0 Å². The van der Waals surface area contributed by atoms with Crippen LogP contribution in [0.2, 0.25) is 0 Å². The summed E-state index contributed by atoms with van der Waals surface area (Å²) in [6.07, 6.45) is 0.659. The molecule has 0 spiro atoms. The molecule has 1 heterocycles. The summed E-state index contributed by atoms with van der Waals surface area (Å²) >= 11 is 1.22. The molecular weight excluding hydrogens is 406 g/mol. The molecule has 3 N–H and O–H groups in total. The molecule has 1 atom stereocenters. The van der Waals surface area contributed by atoms with E-state index in [9.17, 15) is 14.7 Å². The van der Waals surface area contributed by atoms with Gasteiger partial charge in [-0.05, 0) is 56.5 Å². The number of anilines is 3. The summed E-state index contributed by atoms with van der Waals surface area (Å²) in [5.41, 5.74) is -0.596. The fourth-order valence-corrected chi connectivity index (χ4v) is 3.77. The zero-order valence-electron chi connectivity index (χ0n) is 17.3. The maximum Gasteiger partial charge on any atom is 0.253 e. The van der Waals surface area contributed by atoms with Crippen LogP contribution in [-0.4, -0.2) is 23.2 Å². The van der Waals surface area contributed by atoms with Crippen molar-refractivity contribution in [3.8, 4) is 5.75 Å². The third-order valence-corrected chi connectivity index (χ3v) is 5.80. The highest BCUT2D eigenvalue weighted by Crippen LogP contribution is 2.38. The van der Waals surface area contributed by atoms with Crippen molar-refractivity contribution in [3.05, 3.63) is 62.3 Å². The molecule has 0 saturated heterocycles. The van der Waals surface area contributed by atoms with Gasteiger partial charge in [0.15, 0.2) is 5.75 Å². The van der Waals surface area contributed by atoms with E-state index in [0.717, 1.165) is 5.76 Å². The summed E-state index contributed by atoms with van der Waals surface area (Å²) < 4.78 is 7.25. The summed E-state index contributed by atoms with van der Waals surface area (Å²) in [5, 5.41) is 16.6. The predicted octanol–water partition coefficient (Wildman–Crippen LogP) is 4.09. The van der Waals surface area contributed by atoms with Gasteiger partial charge in [0.05, 0.1) is 23.7 Å². The van der Waals surface area contributed by atoms with E-state index in [-0.39, 0.29) is 23.2 Å². The molecule has 3 aromatic rings. The first kappa shape index (κ1) is 21.9. The Balaban J connectivity index is 1.84. The van der Waals surface area contributed by atoms with Gasteiger partial charge in [-0.2, -0.15) is 0 Å². The minimum Gasteiger partial charge on any atom is -0.505 e. The van der Waals surface area contributed by atoms with Crippen molar-refractivity contribution in [3.63, 3.8) is 0 Å². The van der Waals surface area contributed by atoms with Crippen LogP contribution in [0, 0.1) is 6.92 Å². The van der Waals surface area contributed by atoms with Crippen LogP contribution in [0.4, 0.5) is 17.1 Å². The number of hydroxylamine groups is 1. The van der Waals surface area contributed by atoms with E-state index in [1.165, 1.54) is 11.9 Å². The molecule has 3 rings (SSSR count). The number of rotatable bonds is 10. The first-order valence-electron chi connectivity index (χ1n) is 9.64. The molecule has 8 nitrogen and oxygen atoms in total. The van der Waals surface area contributed by atoms with Crippen molar-refractivity contribution >= 4 is 29.0 Å². The number of hydrogen-bond acceptors (Lipinski definition) is 9. The Kier molecular flexibility index (Phi) is 6.86. The molecule has 2 aromatic carbocycles. The standard InChI is InChI=1S/C21H25N3O5S/c1-5-13(15-11-10-12(3)29-15)22-17-18(21(27)20(17)26)23-14-8-7-9-16(19(14)25)30-24(6-2)28-4/h7-11,13,22-23,25H,5-6H2,1-4H3/t13-/m1/s1. The Labute approximate surface area is 178 Å². The van der Waals surface area contributed by atoms with Gasteiger partial charge in [-0.15, -0.1) is 4.47 Å². The monoisotopic (exact) mass is 431 g/mol. The smallest absolute Gasteiger partial charge is 0.253 e. The lowest BCUT2D eigenvalue weighted by Crippen LogP contribution is -2.37. The molecule has 0 bridgehead atoms. The normalized spacial score (nSPS) is 12.4. The van der Waals surface area contributed by atoms with Gasteiger partial charge in [0.2, 0.25) is 0 Å². The Morgan fingerprint density at radius 3 is 2.50 bits per heavy atom. The fourth-order valence-electron chi connectivity index (χ4n) is 3.01. The van der Waals surface area contributed by atoms with Crippen molar-refractivity contribution in [2.24, 2.45) is 0 Å². The van der Waals surface area contributed by atoms with Crippen LogP contribution in [0.5, 0.6) is 5.75 Å². The number of aryl methyl sites for hydroxylation is 1. The highest BCUT2D eigenvalue weighted by molar-refractivity contribution is 7.97. The Bertz CT molecular complexity index is 1080. The molecule has 0 fully saturated rings. The van der Waals surface area contributed by atoms with E-state index in [0.29, 0.717) is 29.3 Å². The van der Waals surface area contributed by atoms with Crippen molar-refractivity contribution in [1.29, 1.82) is 0 Å². The molecule has 160 valence electrons. The second kappa shape index (κ2) is 9.38. The quantitative estimate of drug-likeness (QED) is 0.189. The molecular formula is C21H25N3O5S. The van der Waals surface area contributed by atoms with Crippen molar-refractivity contribution < 1.29 is 14.4 Å². The van der Waals surface area contributed by atoms with E-state index in [4.69, 9.17) is 9.25 Å². The van der Waals surface area contributed by atoms with E-state index in [2.05, 4.69) is 10.6 Å². The number of para-hydroxylation sites is 1. The zero-order chi connectivity index (χ0) is 21.8. The highest BCUT2D eigenvalue weighted by Gasteiger charge is 2.26. The molecule has 0 unspecified atom stereocenters. The summed E-state index contributed by atoms with van der Waals surface area (Å²) in [6.45, 7) is 6.32. The van der Waals surface area contributed by atoms with E-state index in [1.807, 2.05) is 32.9 Å². The van der Waals surface area contributed by atoms with Gasteiger partial charge in [-0.1, -0.05) is 13.0 Å². The van der Waals surface area contributed by atoms with Crippen LogP contribution in [0.15, 0.2) is 49.2 Å². The number of furan rings is 1. The number of nitrogens with one attached hydrogen (secondary N) is 2. The summed E-state index contributed by atoms with van der Waals surface area (Å²) in [6, 6.07) is 8.56. The van der Waals surface area contributed by atoms with E-state index >= 15 is 0 Å². The van der Waals surface area contributed by atoms with Crippen LogP contribution < -0.4 is 21.5 Å². The SMILES string of the molecule is CC[C@@H](Nc1c(Nc2cccc(SN(CC)OC)c2O)c(=O)c1=O)c1ccc(C)o1. The van der Waals surface area contributed by atoms with Crippen LogP contribution in [0.1, 0.15) is 37.8 Å². The van der Waals surface area contributed by atoms with Crippen molar-refractivity contribution in [2.75, 3.05) is 24.3 Å². The molecule has 0 aliphatic heterocycles. The molecule has 0 aliphatic carbocycles. The fraction of sp³-hybridized carbons (Fsp3) is 0.333. The second-order valence-electron chi connectivity index (χ2n) is 6.66. The summed E-state index contributed by atoms with van der Waals surface area (Å²) in [5.74, 6) is 1.42. The topological polar surface area (TPSA) is 104 Å². The molecule has 0 aliphatic rings. The lowest BCUT2D eigenvalue weighted by Gasteiger charge is -2.21. The van der Waals surface area contributed by atoms with Crippen LogP contribution in [0.3, 0.4) is 0 Å². The lowest BCUT2D eigenvalue weighted by molar-refractivity contribution is -0.0333. The largest absolute Gasteiger partial charge is 0.505 e. The average Bonchev–Trinajstić information content (AvgIpc) is 3.19. The second-order valence-corrected chi connectivity index (χ2v) is 7.69. The van der Waals surface area contributed by atoms with Gasteiger partial charge in [0.25, 0.3) is 10.9 Å². The summed E-state index contributed by atoms with van der Waals surface area (Å²) in [7, 11) is 1.54. The van der Waals surface area contributed by atoms with Crippen molar-refractivity contribution in [1.82, 2.24) is 4.47 Å². The molecule has 30 heavy (non-hydrogen) atoms. The van der Waals surface area contributed by atoms with Gasteiger partial charge in [0.1, 0.15) is 22.9 Å². The van der Waals surface area contributed by atoms with Gasteiger partial charge >= 0.3 is 0 Å². The first-order valence-corrected chi connectivity index (χ1v) is 10.4. The Morgan fingerprint density at radius 2 is 1.90 bits per heavy atom. The minimum absolute atomic E-state index is 0.0364. The van der Waals surface area contributed by atoms with Gasteiger partial charge < -0.3 is 20.2 Å². The molecule has 0 amide bonds. The maximum atomic E-state index is 12.2. The Hall–Kier alpha value is -2.75. The highest BCUT2D eigenvalue weighted by atomic mass is 32.2. The maximum absolute atomic E-state index is 12.2. The van der Waals surface area contributed by atoms with Gasteiger partial charge in [-0.3, -0.25) is 14.4 Å². The third-order valence-electron chi connectivity index (χ3n) is 4.66. The van der Waals surface area contributed by atoms with E-state index < -0.39 is 10.9 Å². The van der Waals surface area contributed by atoms with E-state index in [1.54, 1.807) is 29.8 Å². The molecule has 0 saturated carbocycles. The predicted molar refractivity (Wildman–Crippen MR) is 118 cm³/mol. The number of aromatic hydroxyl groups is 1.